The summed E-state index contributed by atoms with van der Waals surface area (Å²) in [7, 11) is 2.66. The third-order valence-electron chi connectivity index (χ3n) is 5.56. The van der Waals surface area contributed by atoms with E-state index in [1.54, 1.807) is 6.92 Å². The first kappa shape index (κ1) is 28.7. The van der Waals surface area contributed by atoms with Gasteiger partial charge in [-0.15, -0.1) is 0 Å². The van der Waals surface area contributed by atoms with Crippen LogP contribution < -0.4 is 21.3 Å². The van der Waals surface area contributed by atoms with Crippen molar-refractivity contribution < 1.29 is 28.7 Å². The Kier molecular flexibility index (Phi) is 13.6. The second kappa shape index (κ2) is 16.2. The summed E-state index contributed by atoms with van der Waals surface area (Å²) in [6.07, 6.45) is 0.671. The van der Waals surface area contributed by atoms with E-state index in [0.717, 1.165) is 13.1 Å². The van der Waals surface area contributed by atoms with E-state index in [-0.39, 0.29) is 30.7 Å². The normalized spacial score (nSPS) is 20.9. The SMILES string of the molecule is CC(SSCC(NC=O)C(=O)NC(C)N1CCOCC1)C(=O)NCC(NC=O)N1CCOCC1. The lowest BCUT2D eigenvalue weighted by atomic mass is 10.3. The number of carbonyl (C=O) groups excluding carboxylic acids is 4. The molecule has 2 aliphatic rings. The predicted molar refractivity (Wildman–Crippen MR) is 131 cm³/mol. The van der Waals surface area contributed by atoms with E-state index < -0.39 is 11.3 Å². The molecular formula is C20H36N6O6S2. The number of carbonyl (C=O) groups is 4. The van der Waals surface area contributed by atoms with Gasteiger partial charge in [0.05, 0.1) is 50.6 Å². The van der Waals surface area contributed by atoms with Gasteiger partial charge in [0.2, 0.25) is 24.6 Å². The van der Waals surface area contributed by atoms with Gasteiger partial charge in [0.1, 0.15) is 6.04 Å². The number of morpholine rings is 2. The molecule has 4 atom stereocenters. The molecule has 2 saturated heterocycles. The molecule has 0 aliphatic carbocycles. The fraction of sp³-hybridized carbons (Fsp3) is 0.800. The van der Waals surface area contributed by atoms with Crippen molar-refractivity contribution in [3.8, 4) is 0 Å². The third kappa shape index (κ3) is 9.96. The monoisotopic (exact) mass is 520 g/mol. The standard InChI is InChI=1S/C20H36N6O6S2/c1-15(19(29)21-11-18(23-14-28)26-5-9-32-10-6-26)34-33-12-17(22-13-27)20(30)24-16(2)25-3-7-31-8-4-25/h13-18H,3-12H2,1-2H3,(H,21,29)(H,22,27)(H,23,28)(H,24,30). The van der Waals surface area contributed by atoms with Gasteiger partial charge in [0.25, 0.3) is 0 Å². The largest absolute Gasteiger partial charge is 0.379 e. The highest BCUT2D eigenvalue weighted by Crippen LogP contribution is 2.27. The second-order valence-corrected chi connectivity index (χ2v) is 10.6. The Morgan fingerprint density at radius 2 is 1.50 bits per heavy atom. The fourth-order valence-corrected chi connectivity index (χ4v) is 5.85. The van der Waals surface area contributed by atoms with Crippen molar-refractivity contribution in [2.24, 2.45) is 0 Å². The molecule has 0 aromatic heterocycles. The summed E-state index contributed by atoms with van der Waals surface area (Å²) < 4.78 is 10.7. The van der Waals surface area contributed by atoms with Crippen LogP contribution in [0.15, 0.2) is 0 Å². The number of hydrogen-bond acceptors (Lipinski definition) is 10. The maximum atomic E-state index is 12.6. The summed E-state index contributed by atoms with van der Waals surface area (Å²) in [4.78, 5) is 51.3. The van der Waals surface area contributed by atoms with Crippen molar-refractivity contribution in [3.63, 3.8) is 0 Å². The van der Waals surface area contributed by atoms with E-state index in [0.29, 0.717) is 58.1 Å². The van der Waals surface area contributed by atoms with Gasteiger partial charge >= 0.3 is 0 Å². The molecule has 2 fully saturated rings. The number of amides is 4. The van der Waals surface area contributed by atoms with E-state index in [9.17, 15) is 19.2 Å². The van der Waals surface area contributed by atoms with E-state index in [1.165, 1.54) is 21.6 Å². The molecule has 0 aromatic rings. The maximum absolute atomic E-state index is 12.6. The molecule has 0 aromatic carbocycles. The minimum absolute atomic E-state index is 0.172. The zero-order valence-electron chi connectivity index (χ0n) is 19.7. The molecule has 12 nitrogen and oxygen atoms in total. The molecule has 2 heterocycles. The zero-order valence-corrected chi connectivity index (χ0v) is 21.3. The Morgan fingerprint density at radius 1 is 0.912 bits per heavy atom. The first-order chi connectivity index (χ1) is 16.5. The van der Waals surface area contributed by atoms with Gasteiger partial charge in [-0.05, 0) is 13.8 Å². The van der Waals surface area contributed by atoms with Crippen LogP contribution in [0.4, 0.5) is 0 Å². The minimum Gasteiger partial charge on any atom is -0.379 e. The lowest BCUT2D eigenvalue weighted by Crippen LogP contribution is -2.55. The predicted octanol–water partition coefficient (Wildman–Crippen LogP) is -1.81. The molecule has 0 saturated carbocycles. The number of rotatable bonds is 15. The smallest absolute Gasteiger partial charge is 0.244 e. The van der Waals surface area contributed by atoms with Gasteiger partial charge in [-0.25, -0.2) is 0 Å². The Morgan fingerprint density at radius 3 is 2.09 bits per heavy atom. The van der Waals surface area contributed by atoms with Gasteiger partial charge in [-0.2, -0.15) is 0 Å². The summed E-state index contributed by atoms with van der Waals surface area (Å²) >= 11 is 0. The molecule has 194 valence electrons. The van der Waals surface area contributed by atoms with Crippen LogP contribution >= 0.6 is 21.6 Å². The third-order valence-corrected chi connectivity index (χ3v) is 8.35. The van der Waals surface area contributed by atoms with Crippen LogP contribution in [0.1, 0.15) is 13.8 Å². The van der Waals surface area contributed by atoms with Crippen molar-refractivity contribution >= 4 is 46.2 Å². The summed E-state index contributed by atoms with van der Waals surface area (Å²) in [5.41, 5.74) is 0. The summed E-state index contributed by atoms with van der Waals surface area (Å²) in [6.45, 7) is 9.21. The Bertz CT molecular complexity index is 651. The molecule has 34 heavy (non-hydrogen) atoms. The van der Waals surface area contributed by atoms with Crippen molar-refractivity contribution in [1.29, 1.82) is 0 Å². The van der Waals surface area contributed by atoms with Crippen molar-refractivity contribution in [2.45, 2.75) is 37.5 Å². The zero-order chi connectivity index (χ0) is 24.8. The lowest BCUT2D eigenvalue weighted by molar-refractivity contribution is -0.126. The van der Waals surface area contributed by atoms with E-state index in [1.807, 2.05) is 6.92 Å². The number of nitrogens with zero attached hydrogens (tertiary/aromatic N) is 2. The molecule has 0 bridgehead atoms. The van der Waals surface area contributed by atoms with Gasteiger partial charge in [-0.1, -0.05) is 21.6 Å². The average molecular weight is 521 g/mol. The molecule has 4 N–H and O–H groups in total. The molecule has 14 heteroatoms. The van der Waals surface area contributed by atoms with Crippen molar-refractivity contribution in [3.05, 3.63) is 0 Å². The van der Waals surface area contributed by atoms with Crippen LogP contribution in [-0.4, -0.2) is 123 Å². The van der Waals surface area contributed by atoms with Crippen LogP contribution in [0, 0.1) is 0 Å². The number of ether oxygens (including phenoxy) is 2. The Labute approximate surface area is 208 Å². The molecule has 2 rings (SSSR count). The Hall–Kier alpha value is -1.58. The quantitative estimate of drug-likeness (QED) is 0.144. The summed E-state index contributed by atoms with van der Waals surface area (Å²) in [5.74, 6) is -0.135. The molecule has 2 aliphatic heterocycles. The van der Waals surface area contributed by atoms with E-state index in [2.05, 4.69) is 31.1 Å². The highest BCUT2D eigenvalue weighted by atomic mass is 33.1. The van der Waals surface area contributed by atoms with Crippen molar-refractivity contribution in [1.82, 2.24) is 31.1 Å². The van der Waals surface area contributed by atoms with E-state index >= 15 is 0 Å². The highest BCUT2D eigenvalue weighted by Gasteiger charge is 2.25. The lowest BCUT2D eigenvalue weighted by Gasteiger charge is -2.34. The fourth-order valence-electron chi connectivity index (χ4n) is 3.50. The van der Waals surface area contributed by atoms with Crippen LogP contribution in [0.3, 0.4) is 0 Å². The average Bonchev–Trinajstić information content (AvgIpc) is 2.86. The second-order valence-electron chi connectivity index (χ2n) is 7.89. The first-order valence-electron chi connectivity index (χ1n) is 11.4. The summed E-state index contributed by atoms with van der Waals surface area (Å²) in [5, 5.41) is 10.7. The molecule has 4 amide bonds. The van der Waals surface area contributed by atoms with Gasteiger partial charge in [0.15, 0.2) is 0 Å². The topological polar surface area (TPSA) is 141 Å². The van der Waals surface area contributed by atoms with Crippen LogP contribution in [-0.2, 0) is 28.7 Å². The number of hydrogen-bond donors (Lipinski definition) is 4. The van der Waals surface area contributed by atoms with Crippen LogP contribution in [0.25, 0.3) is 0 Å². The molecular weight excluding hydrogens is 484 g/mol. The maximum Gasteiger partial charge on any atom is 0.244 e. The van der Waals surface area contributed by atoms with Crippen LogP contribution in [0.2, 0.25) is 0 Å². The van der Waals surface area contributed by atoms with Crippen LogP contribution in [0.5, 0.6) is 0 Å². The number of nitrogens with one attached hydrogen (secondary N) is 4. The minimum atomic E-state index is -0.712. The van der Waals surface area contributed by atoms with Gasteiger partial charge < -0.3 is 30.7 Å². The van der Waals surface area contributed by atoms with Gasteiger partial charge in [-0.3, -0.25) is 29.0 Å². The first-order valence-corrected chi connectivity index (χ1v) is 13.7. The molecule has 0 radical (unpaired) electrons. The molecule has 0 spiro atoms. The Balaban J connectivity index is 1.73. The van der Waals surface area contributed by atoms with E-state index in [4.69, 9.17) is 9.47 Å². The highest BCUT2D eigenvalue weighted by molar-refractivity contribution is 8.77. The van der Waals surface area contributed by atoms with Gasteiger partial charge in [0, 0.05) is 31.9 Å². The summed E-state index contributed by atoms with van der Waals surface area (Å²) in [6, 6.07) is -0.712. The molecule has 4 unspecified atom stereocenters. The van der Waals surface area contributed by atoms with Crippen molar-refractivity contribution in [2.75, 3.05) is 64.9 Å².